The van der Waals surface area contributed by atoms with Gasteiger partial charge in [-0.2, -0.15) is 5.10 Å². The fraction of sp³-hybridized carbons (Fsp3) is 0.562. The fourth-order valence-electron chi connectivity index (χ4n) is 2.48. The molecule has 2 heterocycles. The van der Waals surface area contributed by atoms with E-state index in [4.69, 9.17) is 4.52 Å². The van der Waals surface area contributed by atoms with Crippen LogP contribution in [0.3, 0.4) is 0 Å². The van der Waals surface area contributed by atoms with Crippen LogP contribution in [0.5, 0.6) is 0 Å². The molecule has 0 saturated carbocycles. The lowest BCUT2D eigenvalue weighted by Gasteiger charge is -2.14. The van der Waals surface area contributed by atoms with Crippen molar-refractivity contribution in [2.45, 2.75) is 47.6 Å². The molecule has 0 bridgehead atoms. The standard InChI is InChI=1S/C16H24N4O2/c1-10(9-20-12(3)6-11(2)18-20)8-17-16(21)7-15-13(4)19-22-14(15)5/h6,10H,7-9H2,1-5H3,(H,17,21)/t10-/m0/s1. The van der Waals surface area contributed by atoms with Crippen LogP contribution in [0.1, 0.15) is 35.3 Å². The molecule has 0 aliphatic heterocycles. The molecule has 6 nitrogen and oxygen atoms in total. The summed E-state index contributed by atoms with van der Waals surface area (Å²) >= 11 is 0. The first-order chi connectivity index (χ1) is 10.4. The molecule has 120 valence electrons. The summed E-state index contributed by atoms with van der Waals surface area (Å²) in [5.74, 6) is 1.02. The van der Waals surface area contributed by atoms with Gasteiger partial charge in [-0.1, -0.05) is 12.1 Å². The number of nitrogens with zero attached hydrogens (tertiary/aromatic N) is 3. The Hall–Kier alpha value is -2.11. The number of carbonyl (C=O) groups excluding carboxylic acids is 1. The lowest BCUT2D eigenvalue weighted by atomic mass is 10.1. The second-order valence-electron chi connectivity index (χ2n) is 6.00. The number of amides is 1. The fourth-order valence-corrected chi connectivity index (χ4v) is 2.48. The SMILES string of the molecule is Cc1cc(C)n(C[C@@H](C)CNC(=O)Cc2c(C)noc2C)n1. The molecule has 1 N–H and O–H groups in total. The maximum atomic E-state index is 12.0. The highest BCUT2D eigenvalue weighted by Crippen LogP contribution is 2.12. The second-order valence-corrected chi connectivity index (χ2v) is 6.00. The zero-order valence-electron chi connectivity index (χ0n) is 13.9. The number of aromatic nitrogens is 3. The van der Waals surface area contributed by atoms with E-state index in [0.29, 0.717) is 24.6 Å². The molecule has 6 heteroatoms. The molecule has 2 rings (SSSR count). The normalized spacial score (nSPS) is 12.4. The lowest BCUT2D eigenvalue weighted by molar-refractivity contribution is -0.120. The molecule has 0 aliphatic rings. The Morgan fingerprint density at radius 1 is 1.36 bits per heavy atom. The van der Waals surface area contributed by atoms with Crippen molar-refractivity contribution in [3.05, 3.63) is 34.5 Å². The largest absolute Gasteiger partial charge is 0.361 e. The van der Waals surface area contributed by atoms with Crippen molar-refractivity contribution in [1.82, 2.24) is 20.3 Å². The predicted octanol–water partition coefficient (Wildman–Crippen LogP) is 2.10. The number of carbonyl (C=O) groups is 1. The van der Waals surface area contributed by atoms with Gasteiger partial charge in [0.25, 0.3) is 0 Å². The average Bonchev–Trinajstić information content (AvgIpc) is 2.92. The number of nitrogens with one attached hydrogen (secondary N) is 1. The van der Waals surface area contributed by atoms with Crippen LogP contribution in [0.2, 0.25) is 0 Å². The zero-order valence-corrected chi connectivity index (χ0v) is 13.9. The summed E-state index contributed by atoms with van der Waals surface area (Å²) in [6.07, 6.45) is 0.313. The van der Waals surface area contributed by atoms with Crippen molar-refractivity contribution >= 4 is 5.91 Å². The first-order valence-corrected chi connectivity index (χ1v) is 7.56. The quantitative estimate of drug-likeness (QED) is 0.887. The van der Waals surface area contributed by atoms with Crippen molar-refractivity contribution in [3.63, 3.8) is 0 Å². The minimum absolute atomic E-state index is 0.00498. The van der Waals surface area contributed by atoms with Crippen molar-refractivity contribution in [2.75, 3.05) is 6.54 Å². The van der Waals surface area contributed by atoms with Crippen molar-refractivity contribution < 1.29 is 9.32 Å². The molecule has 2 aromatic heterocycles. The highest BCUT2D eigenvalue weighted by Gasteiger charge is 2.14. The third-order valence-electron chi connectivity index (χ3n) is 3.75. The van der Waals surface area contributed by atoms with Crippen LogP contribution < -0.4 is 5.32 Å². The summed E-state index contributed by atoms with van der Waals surface area (Å²) < 4.78 is 7.06. The summed E-state index contributed by atoms with van der Waals surface area (Å²) in [6, 6.07) is 2.06. The van der Waals surface area contributed by atoms with E-state index in [1.807, 2.05) is 32.4 Å². The van der Waals surface area contributed by atoms with Gasteiger partial charge in [0.2, 0.25) is 5.91 Å². The summed E-state index contributed by atoms with van der Waals surface area (Å²) in [5, 5.41) is 11.3. The summed E-state index contributed by atoms with van der Waals surface area (Å²) in [5.41, 5.74) is 3.82. The van der Waals surface area contributed by atoms with Gasteiger partial charge < -0.3 is 9.84 Å². The van der Waals surface area contributed by atoms with Gasteiger partial charge in [0.1, 0.15) is 5.76 Å². The molecule has 0 aliphatic carbocycles. The Morgan fingerprint density at radius 3 is 2.64 bits per heavy atom. The number of hydrogen-bond donors (Lipinski definition) is 1. The minimum Gasteiger partial charge on any atom is -0.361 e. The van der Waals surface area contributed by atoms with Gasteiger partial charge in [0, 0.05) is 24.3 Å². The van der Waals surface area contributed by atoms with Gasteiger partial charge in [-0.25, -0.2) is 0 Å². The van der Waals surface area contributed by atoms with E-state index in [1.165, 1.54) is 0 Å². The Labute approximate surface area is 130 Å². The maximum Gasteiger partial charge on any atom is 0.224 e. The first-order valence-electron chi connectivity index (χ1n) is 7.56. The average molecular weight is 304 g/mol. The molecule has 0 aromatic carbocycles. The number of hydrogen-bond acceptors (Lipinski definition) is 4. The zero-order chi connectivity index (χ0) is 16.3. The molecule has 1 atom stereocenters. The molecular weight excluding hydrogens is 280 g/mol. The van der Waals surface area contributed by atoms with E-state index in [2.05, 4.69) is 28.6 Å². The maximum absolute atomic E-state index is 12.0. The summed E-state index contributed by atoms with van der Waals surface area (Å²) in [6.45, 7) is 11.2. The van der Waals surface area contributed by atoms with E-state index in [0.717, 1.165) is 29.2 Å². The third kappa shape index (κ3) is 3.96. The number of rotatable bonds is 6. The molecule has 1 amide bonds. The van der Waals surface area contributed by atoms with Crippen LogP contribution in [0.25, 0.3) is 0 Å². The molecule has 2 aromatic rings. The molecule has 0 unspecified atom stereocenters. The van der Waals surface area contributed by atoms with Crippen molar-refractivity contribution in [3.8, 4) is 0 Å². The summed E-state index contributed by atoms with van der Waals surface area (Å²) in [4.78, 5) is 12.0. The van der Waals surface area contributed by atoms with Crippen LogP contribution in [-0.4, -0.2) is 27.4 Å². The van der Waals surface area contributed by atoms with Crippen LogP contribution in [0, 0.1) is 33.6 Å². The molecule has 22 heavy (non-hydrogen) atoms. The second kappa shape index (κ2) is 6.77. The molecule has 0 fully saturated rings. The molecule has 0 radical (unpaired) electrons. The van der Waals surface area contributed by atoms with E-state index >= 15 is 0 Å². The lowest BCUT2D eigenvalue weighted by Crippen LogP contribution is -2.31. The van der Waals surface area contributed by atoms with E-state index in [1.54, 1.807) is 0 Å². The van der Waals surface area contributed by atoms with Gasteiger partial charge in [0.05, 0.1) is 17.8 Å². The van der Waals surface area contributed by atoms with E-state index in [9.17, 15) is 4.79 Å². The summed E-state index contributed by atoms with van der Waals surface area (Å²) in [7, 11) is 0. The van der Waals surface area contributed by atoms with Crippen LogP contribution in [-0.2, 0) is 17.8 Å². The van der Waals surface area contributed by atoms with Crippen LogP contribution >= 0.6 is 0 Å². The van der Waals surface area contributed by atoms with Crippen molar-refractivity contribution in [2.24, 2.45) is 5.92 Å². The smallest absolute Gasteiger partial charge is 0.224 e. The topological polar surface area (TPSA) is 73.0 Å². The van der Waals surface area contributed by atoms with Gasteiger partial charge in [0.15, 0.2) is 0 Å². The first kappa shape index (κ1) is 16.3. The Balaban J connectivity index is 1.82. The van der Waals surface area contributed by atoms with E-state index in [-0.39, 0.29) is 5.91 Å². The molecular formula is C16H24N4O2. The van der Waals surface area contributed by atoms with Gasteiger partial charge in [-0.15, -0.1) is 0 Å². The Morgan fingerprint density at radius 2 is 2.09 bits per heavy atom. The Kier molecular flexibility index (Phi) is 5.00. The van der Waals surface area contributed by atoms with E-state index < -0.39 is 0 Å². The molecule has 0 spiro atoms. The Bertz CT molecular complexity index is 638. The third-order valence-corrected chi connectivity index (χ3v) is 3.75. The van der Waals surface area contributed by atoms with Gasteiger partial charge in [-0.3, -0.25) is 9.48 Å². The van der Waals surface area contributed by atoms with Crippen molar-refractivity contribution in [1.29, 1.82) is 0 Å². The highest BCUT2D eigenvalue weighted by atomic mass is 16.5. The highest BCUT2D eigenvalue weighted by molar-refractivity contribution is 5.78. The van der Waals surface area contributed by atoms with Gasteiger partial charge >= 0.3 is 0 Å². The predicted molar refractivity (Wildman–Crippen MR) is 83.6 cm³/mol. The monoisotopic (exact) mass is 304 g/mol. The van der Waals surface area contributed by atoms with Crippen LogP contribution in [0.4, 0.5) is 0 Å². The number of aryl methyl sites for hydroxylation is 4. The molecule has 0 saturated heterocycles. The van der Waals surface area contributed by atoms with Crippen LogP contribution in [0.15, 0.2) is 10.6 Å². The van der Waals surface area contributed by atoms with Gasteiger partial charge in [-0.05, 0) is 39.7 Å². The minimum atomic E-state index is -0.00498.